The highest BCUT2D eigenvalue weighted by molar-refractivity contribution is 9.10. The topological polar surface area (TPSA) is 55.2 Å². The molecule has 0 saturated heterocycles. The van der Waals surface area contributed by atoms with Crippen LogP contribution in [0.5, 0.6) is 0 Å². The van der Waals surface area contributed by atoms with E-state index in [0.29, 0.717) is 10.0 Å². The summed E-state index contributed by atoms with van der Waals surface area (Å²) in [6, 6.07) is 9.64. The number of nitrogens with one attached hydrogen (secondary N) is 1. The van der Waals surface area contributed by atoms with Crippen LogP contribution in [0.3, 0.4) is 0 Å². The molecule has 6 heteroatoms. The molecule has 110 valence electrons. The molecule has 0 spiro atoms. The second kappa shape index (κ2) is 6.22. The molecule has 0 fully saturated rings. The summed E-state index contributed by atoms with van der Waals surface area (Å²) >= 11 is 3.16. The Morgan fingerprint density at radius 2 is 2.00 bits per heavy atom. The molecule has 2 aromatic rings. The molecule has 0 radical (unpaired) electrons. The number of rotatable bonds is 4. The molecule has 4 nitrogen and oxygen atoms in total. The molecule has 0 aliphatic heterocycles. The van der Waals surface area contributed by atoms with Crippen LogP contribution >= 0.6 is 15.9 Å². The number of nitrogens with zero attached hydrogens (tertiary/aromatic N) is 1. The second-order valence-electron chi connectivity index (χ2n) is 4.80. The molecule has 0 heterocycles. The summed E-state index contributed by atoms with van der Waals surface area (Å²) in [4.78, 5) is 10.4. The van der Waals surface area contributed by atoms with E-state index in [1.807, 2.05) is 6.92 Å². The first-order chi connectivity index (χ1) is 9.88. The van der Waals surface area contributed by atoms with Crippen LogP contribution in [0.15, 0.2) is 40.9 Å². The maximum Gasteiger partial charge on any atom is 0.272 e. The normalized spacial score (nSPS) is 12.0. The molecule has 2 rings (SSSR count). The van der Waals surface area contributed by atoms with Gasteiger partial charge < -0.3 is 5.32 Å². The molecule has 0 aliphatic carbocycles. The second-order valence-corrected chi connectivity index (χ2v) is 5.65. The third kappa shape index (κ3) is 3.58. The Labute approximate surface area is 130 Å². The zero-order valence-electron chi connectivity index (χ0n) is 11.6. The van der Waals surface area contributed by atoms with E-state index < -0.39 is 4.92 Å². The largest absolute Gasteiger partial charge is 0.379 e. The first-order valence-electron chi connectivity index (χ1n) is 6.35. The predicted molar refractivity (Wildman–Crippen MR) is 84.0 cm³/mol. The lowest BCUT2D eigenvalue weighted by atomic mass is 10.1. The van der Waals surface area contributed by atoms with E-state index in [1.54, 1.807) is 31.2 Å². The van der Waals surface area contributed by atoms with Crippen molar-refractivity contribution < 1.29 is 9.31 Å². The van der Waals surface area contributed by atoms with E-state index in [9.17, 15) is 14.5 Å². The molecule has 0 amide bonds. The van der Waals surface area contributed by atoms with Crippen LogP contribution < -0.4 is 5.32 Å². The minimum Gasteiger partial charge on any atom is -0.379 e. The van der Waals surface area contributed by atoms with Crippen LogP contribution in [0, 0.1) is 22.9 Å². The summed E-state index contributed by atoms with van der Waals surface area (Å²) in [6.45, 7) is 3.64. The number of halogens is 2. The molecular formula is C15H14BrFN2O2. The van der Waals surface area contributed by atoms with Gasteiger partial charge in [0.05, 0.1) is 9.40 Å². The summed E-state index contributed by atoms with van der Waals surface area (Å²) in [5.74, 6) is -0.308. The molecule has 1 unspecified atom stereocenters. The van der Waals surface area contributed by atoms with E-state index in [2.05, 4.69) is 21.2 Å². The summed E-state index contributed by atoms with van der Waals surface area (Å²) in [6.07, 6.45) is 0. The highest BCUT2D eigenvalue weighted by atomic mass is 79.9. The van der Waals surface area contributed by atoms with Gasteiger partial charge in [-0.25, -0.2) is 4.39 Å². The fraction of sp³-hybridized carbons (Fsp3) is 0.200. The fourth-order valence-corrected chi connectivity index (χ4v) is 2.46. The maximum atomic E-state index is 13.2. The third-order valence-electron chi connectivity index (χ3n) is 3.22. The van der Waals surface area contributed by atoms with Crippen molar-refractivity contribution in [1.29, 1.82) is 0 Å². The standard InChI is InChI=1S/C15H14BrFN2O2/c1-9-7-12(4-6-15(9)19(20)21)18-10(2)11-3-5-14(17)13(16)8-11/h3-8,10,18H,1-2H3. The highest BCUT2D eigenvalue weighted by Crippen LogP contribution is 2.26. The van der Waals surface area contributed by atoms with Crippen LogP contribution in [0.4, 0.5) is 15.8 Å². The van der Waals surface area contributed by atoms with Gasteiger partial charge in [0.2, 0.25) is 0 Å². The van der Waals surface area contributed by atoms with Crippen molar-refractivity contribution in [3.8, 4) is 0 Å². The van der Waals surface area contributed by atoms with Crippen molar-refractivity contribution in [3.63, 3.8) is 0 Å². The zero-order chi connectivity index (χ0) is 15.6. The summed E-state index contributed by atoms with van der Waals surface area (Å²) < 4.78 is 13.6. The highest BCUT2D eigenvalue weighted by Gasteiger charge is 2.12. The summed E-state index contributed by atoms with van der Waals surface area (Å²) in [5.41, 5.74) is 2.39. The average molecular weight is 353 g/mol. The lowest BCUT2D eigenvalue weighted by Gasteiger charge is -2.16. The Bertz CT molecular complexity index is 691. The van der Waals surface area contributed by atoms with Crippen LogP contribution in [-0.2, 0) is 0 Å². The SMILES string of the molecule is Cc1cc(NC(C)c2ccc(F)c(Br)c2)ccc1[N+](=O)[O-]. The number of nitro groups is 1. The van der Waals surface area contributed by atoms with Crippen LogP contribution in [0.25, 0.3) is 0 Å². The maximum absolute atomic E-state index is 13.2. The van der Waals surface area contributed by atoms with Gasteiger partial charge in [0.15, 0.2) is 0 Å². The molecular weight excluding hydrogens is 339 g/mol. The van der Waals surface area contributed by atoms with Crippen LogP contribution in [0.1, 0.15) is 24.1 Å². The molecule has 0 aromatic heterocycles. The van der Waals surface area contributed by atoms with Crippen molar-refractivity contribution in [2.75, 3.05) is 5.32 Å². The average Bonchev–Trinajstić information content (AvgIpc) is 2.41. The minimum atomic E-state index is -0.403. The molecule has 1 N–H and O–H groups in total. The van der Waals surface area contributed by atoms with E-state index in [4.69, 9.17) is 0 Å². The zero-order valence-corrected chi connectivity index (χ0v) is 13.1. The predicted octanol–water partition coefficient (Wildman–Crippen LogP) is 4.98. The van der Waals surface area contributed by atoms with Gasteiger partial charge in [0.25, 0.3) is 5.69 Å². The molecule has 2 aromatic carbocycles. The van der Waals surface area contributed by atoms with Crippen LogP contribution in [0.2, 0.25) is 0 Å². The van der Waals surface area contributed by atoms with Crippen molar-refractivity contribution in [2.45, 2.75) is 19.9 Å². The quantitative estimate of drug-likeness (QED) is 0.623. The smallest absolute Gasteiger partial charge is 0.272 e. The van der Waals surface area contributed by atoms with Crippen molar-refractivity contribution in [1.82, 2.24) is 0 Å². The number of hydrogen-bond donors (Lipinski definition) is 1. The lowest BCUT2D eigenvalue weighted by molar-refractivity contribution is -0.385. The van der Waals surface area contributed by atoms with E-state index in [-0.39, 0.29) is 17.5 Å². The Morgan fingerprint density at radius 1 is 1.29 bits per heavy atom. The Hall–Kier alpha value is -1.95. The molecule has 21 heavy (non-hydrogen) atoms. The van der Waals surface area contributed by atoms with Gasteiger partial charge in [0, 0.05) is 23.4 Å². The fourth-order valence-electron chi connectivity index (χ4n) is 2.07. The first kappa shape index (κ1) is 15.4. The third-order valence-corrected chi connectivity index (χ3v) is 3.83. The van der Waals surface area contributed by atoms with Gasteiger partial charge in [-0.15, -0.1) is 0 Å². The van der Waals surface area contributed by atoms with Gasteiger partial charge in [-0.1, -0.05) is 6.07 Å². The number of hydrogen-bond acceptors (Lipinski definition) is 3. The Morgan fingerprint density at radius 3 is 2.57 bits per heavy atom. The van der Waals surface area contributed by atoms with Crippen molar-refractivity contribution in [2.24, 2.45) is 0 Å². The molecule has 1 atom stereocenters. The molecule has 0 bridgehead atoms. The van der Waals surface area contributed by atoms with E-state index in [0.717, 1.165) is 11.3 Å². The summed E-state index contributed by atoms with van der Waals surface area (Å²) in [5, 5.41) is 14.0. The Balaban J connectivity index is 2.19. The number of anilines is 1. The number of nitro benzene ring substituents is 1. The van der Waals surface area contributed by atoms with Crippen LogP contribution in [-0.4, -0.2) is 4.92 Å². The molecule has 0 aliphatic rings. The lowest BCUT2D eigenvalue weighted by Crippen LogP contribution is -2.07. The minimum absolute atomic E-state index is 0.0530. The van der Waals surface area contributed by atoms with Gasteiger partial charge >= 0.3 is 0 Å². The summed E-state index contributed by atoms with van der Waals surface area (Å²) in [7, 11) is 0. The number of benzene rings is 2. The van der Waals surface area contributed by atoms with E-state index >= 15 is 0 Å². The van der Waals surface area contributed by atoms with Gasteiger partial charge in [-0.05, 0) is 59.6 Å². The van der Waals surface area contributed by atoms with E-state index in [1.165, 1.54) is 12.1 Å². The van der Waals surface area contributed by atoms with Gasteiger partial charge in [0.1, 0.15) is 5.82 Å². The van der Waals surface area contributed by atoms with Crippen molar-refractivity contribution in [3.05, 3.63) is 67.9 Å². The van der Waals surface area contributed by atoms with Crippen molar-refractivity contribution >= 4 is 27.3 Å². The molecule has 0 saturated carbocycles. The number of aryl methyl sites for hydroxylation is 1. The first-order valence-corrected chi connectivity index (χ1v) is 7.14. The Kier molecular flexibility index (Phi) is 4.57. The monoisotopic (exact) mass is 352 g/mol. The van der Waals surface area contributed by atoms with Gasteiger partial charge in [-0.3, -0.25) is 10.1 Å². The van der Waals surface area contributed by atoms with Gasteiger partial charge in [-0.2, -0.15) is 0 Å².